The van der Waals surface area contributed by atoms with Crippen molar-refractivity contribution >= 4 is 22.8 Å². The van der Waals surface area contributed by atoms with E-state index in [2.05, 4.69) is 52.2 Å². The number of aryl methyl sites for hydroxylation is 1. The summed E-state index contributed by atoms with van der Waals surface area (Å²) >= 11 is 0. The van der Waals surface area contributed by atoms with E-state index in [0.29, 0.717) is 5.92 Å². The van der Waals surface area contributed by atoms with Crippen molar-refractivity contribution in [2.24, 2.45) is 10.2 Å². The second-order valence-corrected chi connectivity index (χ2v) is 6.86. The van der Waals surface area contributed by atoms with Crippen LogP contribution in [0, 0.1) is 0 Å². The lowest BCUT2D eigenvalue weighted by Gasteiger charge is -2.13. The molecular formula is C21H22N4. The van der Waals surface area contributed by atoms with Crippen molar-refractivity contribution in [1.82, 2.24) is 9.97 Å². The molecule has 4 rings (SSSR count). The summed E-state index contributed by atoms with van der Waals surface area (Å²) in [7, 11) is 0. The Morgan fingerprint density at radius 3 is 2.76 bits per heavy atom. The Morgan fingerprint density at radius 2 is 1.96 bits per heavy atom. The summed E-state index contributed by atoms with van der Waals surface area (Å²) in [5.74, 6) is 0.539. The van der Waals surface area contributed by atoms with E-state index >= 15 is 0 Å². The second-order valence-electron chi connectivity index (χ2n) is 6.86. The Labute approximate surface area is 147 Å². The normalized spacial score (nSPS) is 16.2. The molecule has 1 aromatic carbocycles. The van der Waals surface area contributed by atoms with Gasteiger partial charge in [-0.3, -0.25) is 4.98 Å². The highest BCUT2D eigenvalue weighted by molar-refractivity contribution is 6.06. The zero-order chi connectivity index (χ0) is 17.2. The summed E-state index contributed by atoms with van der Waals surface area (Å²) in [6, 6.07) is 10.6. The Hall–Kier alpha value is -2.75. The van der Waals surface area contributed by atoms with Crippen LogP contribution in [0.15, 0.2) is 52.9 Å². The molecule has 25 heavy (non-hydrogen) atoms. The highest BCUT2D eigenvalue weighted by atomic mass is 15.2. The largest absolute Gasteiger partial charge is 0.353 e. The maximum atomic E-state index is 4.51. The van der Waals surface area contributed by atoms with Crippen molar-refractivity contribution in [3.8, 4) is 0 Å². The molecule has 0 aliphatic heterocycles. The maximum absolute atomic E-state index is 4.51. The Kier molecular flexibility index (Phi) is 4.18. The van der Waals surface area contributed by atoms with Crippen LogP contribution in [0.25, 0.3) is 10.9 Å². The first kappa shape index (κ1) is 15.8. The number of pyridine rings is 1. The highest BCUT2D eigenvalue weighted by Gasteiger charge is 2.21. The van der Waals surface area contributed by atoms with Crippen LogP contribution in [0.5, 0.6) is 0 Å². The molecule has 0 radical (unpaired) electrons. The molecule has 0 spiro atoms. The minimum atomic E-state index is 0.539. The van der Waals surface area contributed by atoms with Gasteiger partial charge < -0.3 is 4.98 Å². The molecule has 1 aliphatic carbocycles. The van der Waals surface area contributed by atoms with Gasteiger partial charge in [-0.1, -0.05) is 19.9 Å². The summed E-state index contributed by atoms with van der Waals surface area (Å²) < 4.78 is 0. The van der Waals surface area contributed by atoms with E-state index < -0.39 is 0 Å². The number of benzene rings is 1. The number of hydrogen-bond acceptors (Lipinski definition) is 3. The molecule has 0 saturated carbocycles. The number of nitrogens with one attached hydrogen (secondary N) is 1. The van der Waals surface area contributed by atoms with Crippen molar-refractivity contribution in [2.75, 3.05) is 0 Å². The smallest absolute Gasteiger partial charge is 0.0867 e. The molecule has 0 saturated heterocycles. The quantitative estimate of drug-likeness (QED) is 0.542. The molecule has 0 amide bonds. The van der Waals surface area contributed by atoms with Gasteiger partial charge in [-0.25, -0.2) is 0 Å². The number of H-pyrrole nitrogens is 1. The van der Waals surface area contributed by atoms with E-state index in [9.17, 15) is 0 Å². The van der Waals surface area contributed by atoms with Gasteiger partial charge >= 0.3 is 0 Å². The van der Waals surface area contributed by atoms with E-state index in [1.54, 1.807) is 18.6 Å². The van der Waals surface area contributed by atoms with E-state index in [1.807, 2.05) is 12.1 Å². The predicted molar refractivity (Wildman–Crippen MR) is 104 cm³/mol. The van der Waals surface area contributed by atoms with Gasteiger partial charge in [0.05, 0.1) is 17.6 Å². The van der Waals surface area contributed by atoms with Crippen molar-refractivity contribution in [2.45, 2.75) is 39.0 Å². The van der Waals surface area contributed by atoms with Crippen molar-refractivity contribution < 1.29 is 0 Å². The summed E-state index contributed by atoms with van der Waals surface area (Å²) in [5, 5.41) is 10.1. The Bertz CT molecular complexity index is 949. The van der Waals surface area contributed by atoms with Crippen LogP contribution >= 0.6 is 0 Å². The predicted octanol–water partition coefficient (Wildman–Crippen LogP) is 4.85. The van der Waals surface area contributed by atoms with Crippen molar-refractivity contribution in [1.29, 1.82) is 0 Å². The van der Waals surface area contributed by atoms with Crippen molar-refractivity contribution in [3.63, 3.8) is 0 Å². The Balaban J connectivity index is 1.71. The maximum Gasteiger partial charge on any atom is 0.0867 e. The van der Waals surface area contributed by atoms with Crippen LogP contribution in [-0.2, 0) is 6.42 Å². The van der Waals surface area contributed by atoms with Crippen molar-refractivity contribution in [3.05, 3.63) is 65.1 Å². The van der Waals surface area contributed by atoms with Crippen LogP contribution in [0.4, 0.5) is 0 Å². The molecular weight excluding hydrogens is 308 g/mol. The summed E-state index contributed by atoms with van der Waals surface area (Å²) in [6.45, 7) is 4.47. The third-order valence-electron chi connectivity index (χ3n) is 4.82. The van der Waals surface area contributed by atoms with Gasteiger partial charge in [0.1, 0.15) is 0 Å². The molecule has 0 unspecified atom stereocenters. The van der Waals surface area contributed by atoms with Crippen LogP contribution in [0.2, 0.25) is 0 Å². The third-order valence-corrected chi connectivity index (χ3v) is 4.82. The van der Waals surface area contributed by atoms with Gasteiger partial charge in [-0.2, -0.15) is 10.2 Å². The van der Waals surface area contributed by atoms with E-state index in [1.165, 1.54) is 22.0 Å². The van der Waals surface area contributed by atoms with Crippen LogP contribution in [0.3, 0.4) is 0 Å². The fourth-order valence-electron chi connectivity index (χ4n) is 3.40. The molecule has 2 heterocycles. The number of aromatic nitrogens is 2. The molecule has 1 N–H and O–H groups in total. The van der Waals surface area contributed by atoms with Gasteiger partial charge in [-0.15, -0.1) is 0 Å². The lowest BCUT2D eigenvalue weighted by atomic mass is 9.92. The molecule has 1 aliphatic rings. The second kappa shape index (κ2) is 6.63. The van der Waals surface area contributed by atoms with Gasteiger partial charge in [0, 0.05) is 23.3 Å². The molecule has 2 aromatic heterocycles. The molecule has 0 fully saturated rings. The van der Waals surface area contributed by atoms with Gasteiger partial charge in [0.2, 0.25) is 0 Å². The summed E-state index contributed by atoms with van der Waals surface area (Å²) in [5.41, 5.74) is 7.19. The van der Waals surface area contributed by atoms with Gasteiger partial charge in [-0.05, 0) is 66.1 Å². The SMILES string of the molecule is CC(C)c1ccc2[nH]c3c(c2c1)CCC/C3=N\N=Cc1ccncc1. The first-order valence-electron chi connectivity index (χ1n) is 8.87. The summed E-state index contributed by atoms with van der Waals surface area (Å²) in [6.07, 6.45) is 8.49. The number of nitrogens with zero attached hydrogens (tertiary/aromatic N) is 3. The van der Waals surface area contributed by atoms with E-state index in [0.717, 1.165) is 36.2 Å². The fraction of sp³-hybridized carbons (Fsp3) is 0.286. The minimum Gasteiger partial charge on any atom is -0.353 e. The van der Waals surface area contributed by atoms with Gasteiger partial charge in [0.15, 0.2) is 0 Å². The van der Waals surface area contributed by atoms with Crippen LogP contribution in [0.1, 0.15) is 55.0 Å². The molecule has 3 aromatic rings. The molecule has 0 atom stereocenters. The fourth-order valence-corrected chi connectivity index (χ4v) is 3.40. The number of hydrogen-bond donors (Lipinski definition) is 1. The van der Waals surface area contributed by atoms with Crippen LogP contribution < -0.4 is 0 Å². The van der Waals surface area contributed by atoms with E-state index in [-0.39, 0.29) is 0 Å². The average Bonchev–Trinajstić information content (AvgIpc) is 3.01. The lowest BCUT2D eigenvalue weighted by molar-refractivity contribution is 0.836. The van der Waals surface area contributed by atoms with E-state index in [4.69, 9.17) is 0 Å². The zero-order valence-corrected chi connectivity index (χ0v) is 14.7. The van der Waals surface area contributed by atoms with Gasteiger partial charge in [0.25, 0.3) is 0 Å². The number of rotatable bonds is 3. The standard InChI is InChI=1S/C21H22N4/c1-14(2)16-6-7-19-18(12-16)17-4-3-5-20(21(17)24-19)25-23-13-15-8-10-22-11-9-15/h6-14,24H,3-5H2,1-2H3/b23-13?,25-20+. The first-order chi connectivity index (χ1) is 12.2. The molecule has 126 valence electrons. The molecule has 4 nitrogen and oxygen atoms in total. The Morgan fingerprint density at radius 1 is 1.12 bits per heavy atom. The molecule has 4 heteroatoms. The zero-order valence-electron chi connectivity index (χ0n) is 14.7. The molecule has 0 bridgehead atoms. The summed E-state index contributed by atoms with van der Waals surface area (Å²) in [4.78, 5) is 7.58. The highest BCUT2D eigenvalue weighted by Crippen LogP contribution is 2.31. The topological polar surface area (TPSA) is 53.4 Å². The first-order valence-corrected chi connectivity index (χ1v) is 8.87. The van der Waals surface area contributed by atoms with Crippen LogP contribution in [-0.4, -0.2) is 21.9 Å². The third kappa shape index (κ3) is 3.12. The monoisotopic (exact) mass is 330 g/mol. The minimum absolute atomic E-state index is 0.539. The number of aromatic amines is 1. The number of fused-ring (bicyclic) bond motifs is 3. The lowest BCUT2D eigenvalue weighted by Crippen LogP contribution is -2.10. The average molecular weight is 330 g/mol.